The standard InChI is InChI=1S/C12H16N4O5S.C8H6N4O4S.C7H6IN3O4S.C7H7N3O4S.C7H7N3O3S.C6H6BrN3O2S.C6H11BrO2.C6H12ClN.C6H6N3O2S.C5H7N3.5CH4.BrH.Mg/c1-12(2,3)21-5(17)4-16-10-7(6(15-16)8(13)18)14-9(22-10)11(19)20;1-9-4-3-6(12(11-4)8(15)16-2)17-5(10-3)7(13)14;1-15-7(14)11-5-2(3(8)10-11)9-4(16-5)6(12)13;1-14-7(13)10-5-3(2-8-10)9-4(15-5)6(11)12;8-5(11)4-3-2(1-9-4)14-6(10-3)7(12)13;1-12-6(11)10-4-3(2-8-10)9-5(7)13-4;1-6(2,3)9-5(8)4-7;1-5(2)6(7)8(3)4;1-11-6(10)9-5-4(2-8-9)7-3-12-5;1-4-7-2-5(6)3-8-4;;;;;;;/h7,10H,4H2,1-3H3,(H2,13,18)(H,19,20);3,6H,2H3,(H,13,14);2,5H,1H3,(H,12,13);2-3,5H,1H3,(H,11,12);2-3H,1H2,(H2,8,11)(H,12,13);2-4H,1H3;4H2,1-3H3;1-4H3;2,4-5H,1H3;2-3H,6H2,1H3;5*1H4;1H;/q;;;;;;;;-1;;;;;;;;+2/p-1. The number of carbonyl (C=O) groups excluding carboxylic acids is 9. The van der Waals surface area contributed by atoms with E-state index in [4.69, 9.17) is 70.4 Å². The summed E-state index contributed by atoms with van der Waals surface area (Å²) >= 11 is 21.7. The molecular formula is C75H104Br3ClIMgN27O26S7. The number of nitrogens with two attached hydrogens (primary N) is 3. The Hall–Kier alpha value is -9.65. The summed E-state index contributed by atoms with van der Waals surface area (Å²) in [5.41, 5.74) is 19.2. The molecule has 0 spiro atoms. The maximum Gasteiger partial charge on any atom is 2.00 e. The molecule has 141 heavy (non-hydrogen) atoms. The number of aryl methyl sites for hydroxylation is 1. The Morgan fingerprint density at radius 1 is 0.546 bits per heavy atom. The number of alkyl halides is 1. The fourth-order valence-corrected chi connectivity index (χ4v) is 19.6. The number of thioether (sulfide) groups is 7. The number of aliphatic imine (C=N–C) groups is 8. The van der Waals surface area contributed by atoms with Gasteiger partial charge in [-0.05, 0) is 112 Å². The summed E-state index contributed by atoms with van der Waals surface area (Å²) in [7, 11) is 10.2. The van der Waals surface area contributed by atoms with Crippen LogP contribution < -0.4 is 34.2 Å². The second-order valence-electron chi connectivity index (χ2n) is 28.7. The minimum absolute atomic E-state index is 0. The van der Waals surface area contributed by atoms with E-state index in [1.54, 1.807) is 45.6 Å². The third-order valence-electron chi connectivity index (χ3n) is 16.2. The zero-order valence-electron chi connectivity index (χ0n) is 73.8. The number of hydrogen-bond acceptors (Lipinski definition) is 47. The van der Waals surface area contributed by atoms with Gasteiger partial charge in [0.15, 0.2) is 30.9 Å². The maximum atomic E-state index is 11.9. The molecule has 0 saturated carbocycles. The number of carboxylic acids is 5. The molecule has 14 atom stereocenters. The quantitative estimate of drug-likeness (QED) is 0.0280. The van der Waals surface area contributed by atoms with Crippen molar-refractivity contribution in [2.24, 2.45) is 82.0 Å². The number of amides is 7. The summed E-state index contributed by atoms with van der Waals surface area (Å²) in [6, 6.07) is -2.83. The number of carboxylic acid groups (broad SMARTS) is 5. The molecule has 66 heteroatoms. The summed E-state index contributed by atoms with van der Waals surface area (Å²) in [6.45, 7) is 23.6. The predicted octanol–water partition coefficient (Wildman–Crippen LogP) is 4.83. The second kappa shape index (κ2) is 60.8. The predicted molar refractivity (Wildman–Crippen MR) is 556 cm³/mol. The van der Waals surface area contributed by atoms with Gasteiger partial charge >= 0.3 is 95.3 Å². The van der Waals surface area contributed by atoms with Crippen LogP contribution in [0.1, 0.15) is 98.3 Å². The van der Waals surface area contributed by atoms with Crippen LogP contribution in [0, 0.1) is 13.5 Å². The summed E-state index contributed by atoms with van der Waals surface area (Å²) in [4.78, 5) is 199. The molecule has 53 nitrogen and oxygen atoms in total. The molecule has 0 bridgehead atoms. The molecule has 15 heterocycles. The summed E-state index contributed by atoms with van der Waals surface area (Å²) in [5.74, 6) is -7.05. The van der Waals surface area contributed by atoms with Gasteiger partial charge in [-0.3, -0.25) is 59.1 Å². The SMILES string of the molecule is C.C.C.C.C.CC(C)(C)OC(=O)CBr.CC(C)(C)OC(=O)CN1N=C(C(N)=O)C2N=C(C(=O)O)SC21.CC(C)=C(Cl)N(C)C.COC(=O)N1N=C(I)C2N=C(C(=O)O)SC21.COC(=O)N1N=CC2N=C(Br)SC21.COC(=O)N1N=CC2N=C(C(=O)O)SC21.COC(=O)N1N=CC2N=[C-]SC21.Cc1ncc(N)cn1.NC(=O)C1=NCC2SC(C(=O)O)=NC12.[Br-].[C-]#[N+]C1=NN(C(=O)OC)C2SC(C(=O)O)=NC12.[Mg+2]. The first-order chi connectivity index (χ1) is 62.8. The fraction of sp³-hybridized carbons (Fsp3) is 0.533. The Morgan fingerprint density at radius 3 is 1.34 bits per heavy atom. The average Bonchev–Trinajstić information content (AvgIpc) is 1.62. The number of aromatic nitrogens is 2. The van der Waals surface area contributed by atoms with Gasteiger partial charge in [0.25, 0.3) is 17.6 Å². The number of anilines is 1. The number of ether oxygens (including phenoxy) is 7. The zero-order valence-corrected chi connectivity index (χ0v) is 88.6. The number of nitrogens with zero attached hydrogens (tertiary/aromatic N) is 24. The molecule has 774 valence electrons. The first-order valence-electron chi connectivity index (χ1n) is 37.4. The number of carbonyl (C=O) groups is 14. The van der Waals surface area contributed by atoms with Crippen LogP contribution in [0.5, 0.6) is 0 Å². The van der Waals surface area contributed by atoms with Crippen molar-refractivity contribution in [2.75, 3.05) is 73.8 Å². The van der Waals surface area contributed by atoms with Crippen molar-refractivity contribution in [2.45, 2.75) is 190 Å². The fourth-order valence-electron chi connectivity index (χ4n) is 10.8. The van der Waals surface area contributed by atoms with Crippen molar-refractivity contribution < 1.29 is 143 Å². The van der Waals surface area contributed by atoms with Crippen molar-refractivity contribution in [1.29, 1.82) is 0 Å². The first kappa shape index (κ1) is 133. The van der Waals surface area contributed by atoms with Crippen LogP contribution in [0.3, 0.4) is 0 Å². The van der Waals surface area contributed by atoms with Gasteiger partial charge in [-0.2, -0.15) is 45.5 Å². The van der Waals surface area contributed by atoms with Crippen molar-refractivity contribution >= 4 is 336 Å². The van der Waals surface area contributed by atoms with E-state index in [0.29, 0.717) is 16.0 Å². The van der Waals surface area contributed by atoms with Crippen LogP contribution >= 0.6 is 148 Å². The number of aliphatic carboxylic acids is 5. The number of hydrazone groups is 6. The Balaban J connectivity index is 0. The second-order valence-corrected chi connectivity index (χ2v) is 39.7. The molecule has 15 rings (SSSR count). The topological polar surface area (TPSA) is 709 Å². The van der Waals surface area contributed by atoms with Crippen molar-refractivity contribution in [1.82, 2.24) is 44.9 Å². The van der Waals surface area contributed by atoms with E-state index in [1.807, 2.05) is 83.1 Å². The van der Waals surface area contributed by atoms with Gasteiger partial charge in [0.05, 0.1) is 83.9 Å². The molecule has 1 aromatic rings. The van der Waals surface area contributed by atoms with E-state index in [2.05, 4.69) is 146 Å². The van der Waals surface area contributed by atoms with Gasteiger partial charge in [0.2, 0.25) is 0 Å². The van der Waals surface area contributed by atoms with Gasteiger partial charge in [-0.25, -0.2) is 57.9 Å². The van der Waals surface area contributed by atoms with Crippen LogP contribution in [0.4, 0.5) is 29.7 Å². The Labute approximate surface area is 901 Å². The Bertz CT molecular complexity index is 5260. The van der Waals surface area contributed by atoms with Gasteiger partial charge in [-0.15, -0.1) is 5.01 Å². The van der Waals surface area contributed by atoms with E-state index >= 15 is 0 Å². The molecule has 14 unspecified atom stereocenters. The number of primary amides is 2. The third kappa shape index (κ3) is 37.8. The number of halogens is 5. The van der Waals surface area contributed by atoms with Crippen LogP contribution in [0.25, 0.3) is 4.85 Å². The normalized spacial score (nSPS) is 22.9. The van der Waals surface area contributed by atoms with Crippen molar-refractivity contribution in [3.05, 3.63) is 40.4 Å². The smallest absolute Gasteiger partial charge is 1.00 e. The minimum Gasteiger partial charge on any atom is -1.00 e. The molecular weight excluding hydrogens is 2350 g/mol. The molecule has 0 aromatic carbocycles. The molecule has 11 N–H and O–H groups in total. The molecule has 14 aliphatic rings. The maximum absolute atomic E-state index is 11.9. The molecule has 0 aliphatic carbocycles. The first-order valence-corrected chi connectivity index (χ1v) is 46.9. The van der Waals surface area contributed by atoms with Gasteiger partial charge in [-0.1, -0.05) is 142 Å². The van der Waals surface area contributed by atoms with Crippen LogP contribution in [-0.2, 0) is 76.3 Å². The van der Waals surface area contributed by atoms with Gasteiger partial charge in [0.1, 0.15) is 116 Å². The summed E-state index contributed by atoms with van der Waals surface area (Å²) in [5, 5.41) is 72.9. The molecule has 0 fully saturated rings. The Kier molecular flexibility index (Phi) is 57.5. The van der Waals surface area contributed by atoms with Crippen LogP contribution in [-0.4, -0.2) is 411 Å². The van der Waals surface area contributed by atoms with Crippen molar-refractivity contribution in [3.8, 4) is 0 Å². The summed E-state index contributed by atoms with van der Waals surface area (Å²) < 4.78 is 34.1. The number of rotatable bonds is 11. The van der Waals surface area contributed by atoms with E-state index in [0.717, 1.165) is 94.3 Å². The molecule has 0 radical (unpaired) electrons. The minimum atomic E-state index is -1.19. The van der Waals surface area contributed by atoms with E-state index in [-0.39, 0.29) is 177 Å². The van der Waals surface area contributed by atoms with Gasteiger partial charge < -0.3 is 125 Å². The Morgan fingerprint density at radius 2 is 0.929 bits per heavy atom. The van der Waals surface area contributed by atoms with Crippen LogP contribution in [0.15, 0.2) is 93.7 Å². The zero-order chi connectivity index (χ0) is 101. The number of allylic oxidation sites excluding steroid dienone is 1. The largest absolute Gasteiger partial charge is 2.00 e. The van der Waals surface area contributed by atoms with Crippen LogP contribution in [0.2, 0.25) is 0 Å². The van der Waals surface area contributed by atoms with E-state index in [9.17, 15) is 67.1 Å². The monoisotopic (exact) mass is 2450 g/mol. The number of nitrogen functional groups attached to an aromatic ring is 1. The number of amidine groups is 1. The number of hydrogen-bond donors (Lipinski definition) is 8. The summed E-state index contributed by atoms with van der Waals surface area (Å²) in [6.07, 6.45) is 4.99. The number of esters is 2. The number of methoxy groups -OCH3 is 5. The molecule has 1 aromatic heterocycles. The van der Waals surface area contributed by atoms with E-state index < -0.39 is 129 Å². The average molecular weight is 2450 g/mol. The third-order valence-corrected chi connectivity index (χ3v) is 27.1. The molecule has 0 saturated heterocycles. The van der Waals surface area contributed by atoms with E-state index in [1.165, 1.54) is 80.3 Å². The molecule has 7 amide bonds. The molecule has 14 aliphatic heterocycles. The number of fused-ring (bicyclic) bond motifs is 7. The van der Waals surface area contributed by atoms with Crippen molar-refractivity contribution in [3.63, 3.8) is 0 Å². The van der Waals surface area contributed by atoms with Gasteiger partial charge in [0, 0.05) is 20.3 Å².